The maximum absolute atomic E-state index is 11.6. The zero-order valence-corrected chi connectivity index (χ0v) is 15.0. The van der Waals surface area contributed by atoms with Gasteiger partial charge < -0.3 is 4.90 Å². The van der Waals surface area contributed by atoms with Gasteiger partial charge in [-0.2, -0.15) is 0 Å². The third kappa shape index (κ3) is 3.85. The van der Waals surface area contributed by atoms with Crippen LogP contribution < -0.4 is 0 Å². The lowest BCUT2D eigenvalue weighted by Crippen LogP contribution is -2.41. The molecule has 23 heavy (non-hydrogen) atoms. The number of carbonyl (C=O) groups excluding carboxylic acids is 1. The normalized spacial score (nSPS) is 30.4. The van der Waals surface area contributed by atoms with E-state index in [9.17, 15) is 4.79 Å². The highest BCUT2D eigenvalue weighted by Crippen LogP contribution is 2.33. The van der Waals surface area contributed by atoms with Crippen LogP contribution in [0.5, 0.6) is 0 Å². The van der Waals surface area contributed by atoms with E-state index < -0.39 is 0 Å². The van der Waals surface area contributed by atoms with E-state index in [4.69, 9.17) is 4.99 Å². The van der Waals surface area contributed by atoms with Crippen LogP contribution in [0.3, 0.4) is 0 Å². The number of allylic oxidation sites excluding steroid dienone is 2. The largest absolute Gasteiger partial charge is 0.342 e. The van der Waals surface area contributed by atoms with E-state index in [1.165, 1.54) is 42.7 Å². The second-order valence-electron chi connectivity index (χ2n) is 7.55. The lowest BCUT2D eigenvalue weighted by Gasteiger charge is -2.36. The lowest BCUT2D eigenvalue weighted by atomic mass is 9.81. The summed E-state index contributed by atoms with van der Waals surface area (Å²) in [5.74, 6) is 0.937. The molecule has 0 aromatic carbocycles. The van der Waals surface area contributed by atoms with Crippen molar-refractivity contribution in [2.24, 2.45) is 10.9 Å². The Labute approximate surface area is 140 Å². The number of hydrogen-bond acceptors (Lipinski definition) is 3. The van der Waals surface area contributed by atoms with Crippen LogP contribution in [0.1, 0.15) is 59.3 Å². The molecule has 2 aliphatic heterocycles. The molecule has 0 bridgehead atoms. The predicted octanol–water partition coefficient (Wildman–Crippen LogP) is 3.24. The van der Waals surface area contributed by atoms with E-state index in [2.05, 4.69) is 18.7 Å². The Hall–Kier alpha value is -1.16. The Kier molecular flexibility index (Phi) is 5.20. The molecule has 3 rings (SSSR count). The van der Waals surface area contributed by atoms with E-state index in [1.807, 2.05) is 4.90 Å². The van der Waals surface area contributed by atoms with Crippen LogP contribution in [-0.2, 0) is 4.79 Å². The minimum Gasteiger partial charge on any atom is -0.342 e. The van der Waals surface area contributed by atoms with E-state index in [0.717, 1.165) is 45.1 Å². The second-order valence-corrected chi connectivity index (χ2v) is 7.55. The first-order valence-electron chi connectivity index (χ1n) is 9.28. The predicted molar refractivity (Wildman–Crippen MR) is 94.6 cm³/mol. The fourth-order valence-corrected chi connectivity index (χ4v) is 4.38. The molecule has 0 N–H and O–H groups in total. The van der Waals surface area contributed by atoms with E-state index in [-0.39, 0.29) is 5.91 Å². The molecule has 2 fully saturated rings. The van der Waals surface area contributed by atoms with Gasteiger partial charge in [0.25, 0.3) is 0 Å². The average Bonchev–Trinajstić information content (AvgIpc) is 2.76. The summed E-state index contributed by atoms with van der Waals surface area (Å²) in [4.78, 5) is 21.0. The minimum atomic E-state index is 0.230. The zero-order valence-electron chi connectivity index (χ0n) is 15.0. The van der Waals surface area contributed by atoms with Gasteiger partial charge in [0, 0.05) is 57.0 Å². The monoisotopic (exact) mass is 317 g/mol. The summed E-state index contributed by atoms with van der Waals surface area (Å²) in [5, 5.41) is 0. The van der Waals surface area contributed by atoms with Gasteiger partial charge in [0.1, 0.15) is 0 Å². The summed E-state index contributed by atoms with van der Waals surface area (Å²) in [6.07, 6.45) is 7.39. The van der Waals surface area contributed by atoms with Crippen LogP contribution in [0.15, 0.2) is 16.3 Å². The van der Waals surface area contributed by atoms with Gasteiger partial charge >= 0.3 is 0 Å². The molecule has 2 heterocycles. The Bertz CT molecular complexity index is 515. The van der Waals surface area contributed by atoms with Gasteiger partial charge in [-0.15, -0.1) is 0 Å². The standard InChI is InChI=1S/C19H31N3O/c1-14-13-19(20-15(14)2)17-5-7-18(8-6-17)22-10-4-9-21(11-12-22)16(3)23/h17-18H,4-13H2,1-3H3. The van der Waals surface area contributed by atoms with Gasteiger partial charge in [-0.25, -0.2) is 0 Å². The fraction of sp³-hybridized carbons (Fsp3) is 0.789. The molecule has 0 radical (unpaired) electrons. The fourth-order valence-electron chi connectivity index (χ4n) is 4.38. The topological polar surface area (TPSA) is 35.9 Å². The first kappa shape index (κ1) is 16.7. The molecular formula is C19H31N3O. The molecule has 128 valence electrons. The van der Waals surface area contributed by atoms with Crippen molar-refractivity contribution in [3.63, 3.8) is 0 Å². The quantitative estimate of drug-likeness (QED) is 0.784. The number of aliphatic imine (C=N–C) groups is 1. The highest BCUT2D eigenvalue weighted by molar-refractivity contribution is 5.91. The number of carbonyl (C=O) groups is 1. The van der Waals surface area contributed by atoms with Crippen molar-refractivity contribution in [2.75, 3.05) is 26.2 Å². The van der Waals surface area contributed by atoms with Crippen molar-refractivity contribution in [1.29, 1.82) is 0 Å². The number of amides is 1. The molecule has 1 aliphatic carbocycles. The number of rotatable bonds is 2. The minimum absolute atomic E-state index is 0.230. The van der Waals surface area contributed by atoms with Crippen molar-refractivity contribution < 1.29 is 4.79 Å². The van der Waals surface area contributed by atoms with Crippen molar-refractivity contribution in [2.45, 2.75) is 65.3 Å². The second kappa shape index (κ2) is 7.16. The molecule has 4 nitrogen and oxygen atoms in total. The van der Waals surface area contributed by atoms with Gasteiger partial charge in [-0.1, -0.05) is 0 Å². The summed E-state index contributed by atoms with van der Waals surface area (Å²) >= 11 is 0. The van der Waals surface area contributed by atoms with Gasteiger partial charge in [-0.3, -0.25) is 14.7 Å². The van der Waals surface area contributed by atoms with Crippen LogP contribution in [0.25, 0.3) is 0 Å². The van der Waals surface area contributed by atoms with Crippen LogP contribution in [0, 0.1) is 5.92 Å². The molecule has 0 spiro atoms. The van der Waals surface area contributed by atoms with E-state index >= 15 is 0 Å². The molecule has 0 atom stereocenters. The molecular weight excluding hydrogens is 286 g/mol. The third-order valence-electron chi connectivity index (χ3n) is 6.04. The first-order valence-corrected chi connectivity index (χ1v) is 9.28. The van der Waals surface area contributed by atoms with E-state index in [0.29, 0.717) is 5.92 Å². The molecule has 0 unspecified atom stereocenters. The summed E-state index contributed by atoms with van der Waals surface area (Å²) in [7, 11) is 0. The molecule has 1 amide bonds. The highest BCUT2D eigenvalue weighted by atomic mass is 16.2. The Morgan fingerprint density at radius 3 is 2.39 bits per heavy atom. The highest BCUT2D eigenvalue weighted by Gasteiger charge is 2.30. The average molecular weight is 317 g/mol. The zero-order chi connectivity index (χ0) is 16.4. The molecule has 1 saturated carbocycles. The Morgan fingerprint density at radius 2 is 1.78 bits per heavy atom. The van der Waals surface area contributed by atoms with Crippen LogP contribution in [0.4, 0.5) is 0 Å². The van der Waals surface area contributed by atoms with Gasteiger partial charge in [-0.05, 0) is 57.4 Å². The van der Waals surface area contributed by atoms with Crippen molar-refractivity contribution in [3.8, 4) is 0 Å². The molecule has 3 aliphatic rings. The van der Waals surface area contributed by atoms with Gasteiger partial charge in [0.05, 0.1) is 0 Å². The maximum Gasteiger partial charge on any atom is 0.219 e. The summed E-state index contributed by atoms with van der Waals surface area (Å²) in [6.45, 7) is 10.1. The van der Waals surface area contributed by atoms with Crippen molar-refractivity contribution in [3.05, 3.63) is 11.3 Å². The summed E-state index contributed by atoms with van der Waals surface area (Å²) in [5.41, 5.74) is 4.15. The van der Waals surface area contributed by atoms with Crippen LogP contribution >= 0.6 is 0 Å². The van der Waals surface area contributed by atoms with Crippen molar-refractivity contribution in [1.82, 2.24) is 9.80 Å². The lowest BCUT2D eigenvalue weighted by molar-refractivity contribution is -0.128. The number of hydrogen-bond donors (Lipinski definition) is 0. The van der Waals surface area contributed by atoms with Gasteiger partial charge in [0.2, 0.25) is 5.91 Å². The smallest absolute Gasteiger partial charge is 0.219 e. The SMILES string of the molecule is CC(=O)N1CCCN(C2CCC(C3=NC(C)=C(C)C3)CC2)CC1. The van der Waals surface area contributed by atoms with Gasteiger partial charge in [0.15, 0.2) is 0 Å². The Balaban J connectivity index is 1.50. The molecule has 0 aromatic rings. The summed E-state index contributed by atoms with van der Waals surface area (Å²) < 4.78 is 0. The first-order chi connectivity index (χ1) is 11.0. The summed E-state index contributed by atoms with van der Waals surface area (Å²) in [6, 6.07) is 0.718. The number of nitrogens with zero attached hydrogens (tertiary/aromatic N) is 3. The van der Waals surface area contributed by atoms with Crippen LogP contribution in [-0.4, -0.2) is 53.6 Å². The maximum atomic E-state index is 11.6. The Morgan fingerprint density at radius 1 is 1.04 bits per heavy atom. The van der Waals surface area contributed by atoms with E-state index in [1.54, 1.807) is 6.92 Å². The molecule has 4 heteroatoms. The molecule has 0 aromatic heterocycles. The van der Waals surface area contributed by atoms with Crippen molar-refractivity contribution >= 4 is 11.6 Å². The third-order valence-corrected chi connectivity index (χ3v) is 6.04. The van der Waals surface area contributed by atoms with Crippen LogP contribution in [0.2, 0.25) is 0 Å². The molecule has 1 saturated heterocycles.